The Hall–Kier alpha value is -2.39. The van der Waals surface area contributed by atoms with Gasteiger partial charge in [-0.2, -0.15) is 0 Å². The van der Waals surface area contributed by atoms with Gasteiger partial charge in [-0.05, 0) is 42.8 Å². The number of hydrogen-bond donors (Lipinski definition) is 1. The summed E-state index contributed by atoms with van der Waals surface area (Å²) < 4.78 is 5.80. The number of aromatic nitrogens is 1. The summed E-state index contributed by atoms with van der Waals surface area (Å²) in [6.07, 6.45) is 1.30. The van der Waals surface area contributed by atoms with Crippen LogP contribution in [0.2, 0.25) is 0 Å². The Morgan fingerprint density at radius 2 is 1.75 bits per heavy atom. The van der Waals surface area contributed by atoms with Crippen molar-refractivity contribution in [2.45, 2.75) is 13.0 Å². The molecule has 0 aliphatic carbocycles. The number of rotatable bonds is 3. The van der Waals surface area contributed by atoms with E-state index in [1.54, 1.807) is 13.1 Å². The monoisotopic (exact) mass is 265 g/mol. The van der Waals surface area contributed by atoms with E-state index in [9.17, 15) is 5.11 Å². The van der Waals surface area contributed by atoms with E-state index in [2.05, 4.69) is 4.98 Å². The van der Waals surface area contributed by atoms with Crippen LogP contribution in [-0.2, 0) is 0 Å². The van der Waals surface area contributed by atoms with Crippen LogP contribution in [0.25, 0.3) is 10.9 Å². The van der Waals surface area contributed by atoms with Crippen molar-refractivity contribution in [2.24, 2.45) is 0 Å². The molecule has 0 bridgehead atoms. The second-order valence-electron chi connectivity index (χ2n) is 4.70. The number of pyridine rings is 1. The zero-order chi connectivity index (χ0) is 13.9. The molecule has 20 heavy (non-hydrogen) atoms. The molecule has 100 valence electrons. The largest absolute Gasteiger partial charge is 0.457 e. The van der Waals surface area contributed by atoms with Gasteiger partial charge in [-0.25, -0.2) is 0 Å². The van der Waals surface area contributed by atoms with Gasteiger partial charge in [0.25, 0.3) is 0 Å². The second-order valence-corrected chi connectivity index (χ2v) is 4.70. The highest BCUT2D eigenvalue weighted by Gasteiger charge is 2.03. The summed E-state index contributed by atoms with van der Waals surface area (Å²) in [6, 6.07) is 17.2. The van der Waals surface area contributed by atoms with Crippen LogP contribution in [0.3, 0.4) is 0 Å². The lowest BCUT2D eigenvalue weighted by Gasteiger charge is -2.08. The molecule has 3 aromatic rings. The van der Waals surface area contributed by atoms with Gasteiger partial charge in [0.2, 0.25) is 0 Å². The average Bonchev–Trinajstić information content (AvgIpc) is 2.48. The van der Waals surface area contributed by atoms with Crippen LogP contribution in [0.5, 0.6) is 11.5 Å². The lowest BCUT2D eigenvalue weighted by Crippen LogP contribution is -1.91. The maximum atomic E-state index is 9.47. The van der Waals surface area contributed by atoms with Crippen LogP contribution in [-0.4, -0.2) is 10.1 Å². The van der Waals surface area contributed by atoms with E-state index in [-0.39, 0.29) is 0 Å². The van der Waals surface area contributed by atoms with Gasteiger partial charge in [0.1, 0.15) is 11.5 Å². The molecule has 3 heteroatoms. The number of benzene rings is 2. The highest BCUT2D eigenvalue weighted by atomic mass is 16.5. The van der Waals surface area contributed by atoms with Crippen molar-refractivity contribution >= 4 is 10.9 Å². The fraction of sp³-hybridized carbons (Fsp3) is 0.118. The summed E-state index contributed by atoms with van der Waals surface area (Å²) >= 11 is 0. The van der Waals surface area contributed by atoms with E-state index < -0.39 is 6.10 Å². The van der Waals surface area contributed by atoms with Gasteiger partial charge in [0.15, 0.2) is 0 Å². The predicted molar refractivity (Wildman–Crippen MR) is 78.9 cm³/mol. The van der Waals surface area contributed by atoms with Gasteiger partial charge in [0.05, 0.1) is 11.6 Å². The van der Waals surface area contributed by atoms with E-state index in [4.69, 9.17) is 4.74 Å². The first-order chi connectivity index (χ1) is 9.72. The van der Waals surface area contributed by atoms with Crippen molar-refractivity contribution in [3.8, 4) is 11.5 Å². The molecular weight excluding hydrogens is 250 g/mol. The number of hydrogen-bond acceptors (Lipinski definition) is 3. The first kappa shape index (κ1) is 12.6. The number of ether oxygens (including phenoxy) is 1. The number of aliphatic hydroxyl groups excluding tert-OH is 1. The lowest BCUT2D eigenvalue weighted by atomic mass is 10.1. The summed E-state index contributed by atoms with van der Waals surface area (Å²) in [5.74, 6) is 1.49. The molecule has 0 fully saturated rings. The zero-order valence-electron chi connectivity index (χ0n) is 11.2. The maximum Gasteiger partial charge on any atom is 0.129 e. The number of nitrogens with zero attached hydrogens (tertiary/aromatic N) is 1. The van der Waals surface area contributed by atoms with Crippen molar-refractivity contribution in [3.63, 3.8) is 0 Å². The SMILES string of the molecule is C[C@H](O)c1ccc(Oc2ccc3cccnc3c2)cc1. The highest BCUT2D eigenvalue weighted by molar-refractivity contribution is 5.79. The summed E-state index contributed by atoms with van der Waals surface area (Å²) in [5, 5.41) is 10.6. The van der Waals surface area contributed by atoms with Crippen molar-refractivity contribution in [1.82, 2.24) is 4.98 Å². The van der Waals surface area contributed by atoms with Crippen LogP contribution >= 0.6 is 0 Å². The average molecular weight is 265 g/mol. The molecular formula is C17H15NO2. The Kier molecular flexibility index (Phi) is 3.35. The van der Waals surface area contributed by atoms with Crippen LogP contribution in [0, 0.1) is 0 Å². The van der Waals surface area contributed by atoms with Crippen molar-refractivity contribution < 1.29 is 9.84 Å². The molecule has 0 saturated heterocycles. The third-order valence-electron chi connectivity index (χ3n) is 3.18. The van der Waals surface area contributed by atoms with Crippen molar-refractivity contribution in [1.29, 1.82) is 0 Å². The minimum Gasteiger partial charge on any atom is -0.457 e. The molecule has 1 heterocycles. The van der Waals surface area contributed by atoms with E-state index >= 15 is 0 Å². The van der Waals surface area contributed by atoms with Crippen LogP contribution in [0.15, 0.2) is 60.8 Å². The zero-order valence-corrected chi connectivity index (χ0v) is 11.2. The van der Waals surface area contributed by atoms with E-state index in [1.807, 2.05) is 54.6 Å². The Morgan fingerprint density at radius 3 is 2.50 bits per heavy atom. The van der Waals surface area contributed by atoms with Crippen LogP contribution < -0.4 is 4.74 Å². The molecule has 0 aliphatic heterocycles. The molecule has 2 aromatic carbocycles. The Bertz CT molecular complexity index is 720. The van der Waals surface area contributed by atoms with Gasteiger partial charge in [-0.3, -0.25) is 4.98 Å². The molecule has 1 aromatic heterocycles. The topological polar surface area (TPSA) is 42.4 Å². The Balaban J connectivity index is 1.85. The van der Waals surface area contributed by atoms with Crippen molar-refractivity contribution in [2.75, 3.05) is 0 Å². The summed E-state index contributed by atoms with van der Waals surface area (Å²) in [6.45, 7) is 1.74. The molecule has 0 aliphatic rings. The smallest absolute Gasteiger partial charge is 0.129 e. The van der Waals surface area contributed by atoms with Crippen molar-refractivity contribution in [3.05, 3.63) is 66.4 Å². The van der Waals surface area contributed by atoms with Gasteiger partial charge in [-0.1, -0.05) is 18.2 Å². The predicted octanol–water partition coefficient (Wildman–Crippen LogP) is 4.08. The normalized spacial score (nSPS) is 12.3. The molecule has 0 radical (unpaired) electrons. The minimum absolute atomic E-state index is 0.464. The molecule has 0 amide bonds. The molecule has 0 unspecified atom stereocenters. The minimum atomic E-state index is -0.464. The van der Waals surface area contributed by atoms with Gasteiger partial charge in [-0.15, -0.1) is 0 Å². The second kappa shape index (κ2) is 5.31. The molecule has 3 nitrogen and oxygen atoms in total. The highest BCUT2D eigenvalue weighted by Crippen LogP contribution is 2.25. The summed E-state index contributed by atoms with van der Waals surface area (Å²) in [5.41, 5.74) is 1.78. The van der Waals surface area contributed by atoms with Crippen LogP contribution in [0.1, 0.15) is 18.6 Å². The van der Waals surface area contributed by atoms with Crippen LogP contribution in [0.4, 0.5) is 0 Å². The fourth-order valence-corrected chi connectivity index (χ4v) is 2.06. The maximum absolute atomic E-state index is 9.47. The first-order valence-electron chi connectivity index (χ1n) is 6.53. The standard InChI is InChI=1S/C17H15NO2/c1-12(19)13-4-7-15(8-5-13)20-16-9-6-14-3-2-10-18-17(14)11-16/h2-12,19H,1H3/t12-/m0/s1. The third-order valence-corrected chi connectivity index (χ3v) is 3.18. The first-order valence-corrected chi connectivity index (χ1v) is 6.53. The van der Waals surface area contributed by atoms with Gasteiger partial charge in [0, 0.05) is 17.6 Å². The summed E-state index contributed by atoms with van der Waals surface area (Å²) in [7, 11) is 0. The molecule has 3 rings (SSSR count). The third kappa shape index (κ3) is 2.63. The fourth-order valence-electron chi connectivity index (χ4n) is 2.06. The number of fused-ring (bicyclic) bond motifs is 1. The molecule has 1 N–H and O–H groups in total. The quantitative estimate of drug-likeness (QED) is 0.775. The number of aliphatic hydroxyl groups is 1. The molecule has 1 atom stereocenters. The lowest BCUT2D eigenvalue weighted by molar-refractivity contribution is 0.199. The Morgan fingerprint density at radius 1 is 1.00 bits per heavy atom. The van der Waals surface area contributed by atoms with E-state index in [0.717, 1.165) is 28.0 Å². The molecule has 0 saturated carbocycles. The van der Waals surface area contributed by atoms with Gasteiger partial charge < -0.3 is 9.84 Å². The Labute approximate surface area is 117 Å². The van der Waals surface area contributed by atoms with Gasteiger partial charge >= 0.3 is 0 Å². The molecule has 0 spiro atoms. The summed E-state index contributed by atoms with van der Waals surface area (Å²) in [4.78, 5) is 4.31. The van der Waals surface area contributed by atoms with E-state index in [0.29, 0.717) is 0 Å². The van der Waals surface area contributed by atoms with E-state index in [1.165, 1.54) is 0 Å².